The van der Waals surface area contributed by atoms with Gasteiger partial charge in [-0.05, 0) is 37.6 Å². The Hall–Kier alpha value is -1.94. The maximum absolute atomic E-state index is 11.2. The lowest BCUT2D eigenvalue weighted by Gasteiger charge is -2.10. The zero-order chi connectivity index (χ0) is 15.2. The van der Waals surface area contributed by atoms with Crippen LogP contribution in [-0.2, 0) is 5.75 Å². The van der Waals surface area contributed by atoms with Crippen LogP contribution < -0.4 is 4.74 Å². The maximum atomic E-state index is 11.2. The highest BCUT2D eigenvalue weighted by atomic mass is 32.2. The van der Waals surface area contributed by atoms with Crippen LogP contribution in [0.3, 0.4) is 0 Å². The van der Waals surface area contributed by atoms with Crippen molar-refractivity contribution in [1.29, 1.82) is 0 Å². The first-order valence-corrected chi connectivity index (χ1v) is 7.77. The summed E-state index contributed by atoms with van der Waals surface area (Å²) < 4.78 is 5.60. The molecule has 3 nitrogen and oxygen atoms in total. The van der Waals surface area contributed by atoms with E-state index in [1.54, 1.807) is 17.8 Å². The van der Waals surface area contributed by atoms with Gasteiger partial charge in [-0.3, -0.25) is 0 Å². The summed E-state index contributed by atoms with van der Waals surface area (Å²) in [6, 6.07) is 13.5. The van der Waals surface area contributed by atoms with E-state index in [9.17, 15) is 4.79 Å². The first kappa shape index (κ1) is 15.4. The molecule has 2 rings (SSSR count). The Morgan fingerprint density at radius 3 is 2.71 bits per heavy atom. The Morgan fingerprint density at radius 2 is 2.00 bits per heavy atom. The van der Waals surface area contributed by atoms with E-state index in [-0.39, 0.29) is 0 Å². The van der Waals surface area contributed by atoms with Gasteiger partial charge in [-0.15, -0.1) is 11.8 Å². The number of para-hydroxylation sites is 1. The van der Waals surface area contributed by atoms with Gasteiger partial charge in [-0.2, -0.15) is 0 Å². The van der Waals surface area contributed by atoms with Crippen molar-refractivity contribution in [3.05, 3.63) is 59.2 Å². The smallest absolute Gasteiger partial charge is 0.335 e. The van der Waals surface area contributed by atoms with Gasteiger partial charge in [0.1, 0.15) is 5.75 Å². The van der Waals surface area contributed by atoms with E-state index in [1.165, 1.54) is 0 Å². The standard InChI is InChI=1S/C17H18O3S/c1-3-20-16-7-5-4-6-13(16)11-21-14-9-8-12(2)15(10-14)17(18)19/h4-10H,3,11H2,1-2H3,(H,18,19). The Morgan fingerprint density at radius 1 is 1.24 bits per heavy atom. The molecule has 0 atom stereocenters. The van der Waals surface area contributed by atoms with Gasteiger partial charge < -0.3 is 9.84 Å². The summed E-state index contributed by atoms with van der Waals surface area (Å²) in [7, 11) is 0. The summed E-state index contributed by atoms with van der Waals surface area (Å²) in [6.07, 6.45) is 0. The molecule has 0 amide bonds. The van der Waals surface area contributed by atoms with Gasteiger partial charge in [-0.25, -0.2) is 4.79 Å². The van der Waals surface area contributed by atoms with Gasteiger partial charge in [0.05, 0.1) is 12.2 Å². The number of hydrogen-bond acceptors (Lipinski definition) is 3. The number of aryl methyl sites for hydroxylation is 1. The molecule has 110 valence electrons. The third-order valence-corrected chi connectivity index (χ3v) is 4.15. The van der Waals surface area contributed by atoms with Crippen molar-refractivity contribution < 1.29 is 14.6 Å². The van der Waals surface area contributed by atoms with Crippen LogP contribution in [0.2, 0.25) is 0 Å². The molecule has 4 heteroatoms. The fourth-order valence-corrected chi connectivity index (χ4v) is 2.93. The van der Waals surface area contributed by atoms with Crippen LogP contribution in [0.1, 0.15) is 28.4 Å². The molecule has 0 aromatic heterocycles. The molecule has 0 saturated heterocycles. The molecule has 2 aromatic rings. The molecule has 0 radical (unpaired) electrons. The van der Waals surface area contributed by atoms with Crippen molar-refractivity contribution in [2.24, 2.45) is 0 Å². The zero-order valence-corrected chi connectivity index (χ0v) is 12.9. The summed E-state index contributed by atoms with van der Waals surface area (Å²) >= 11 is 1.61. The number of hydrogen-bond donors (Lipinski definition) is 1. The van der Waals surface area contributed by atoms with Crippen molar-refractivity contribution in [2.75, 3.05) is 6.61 Å². The minimum atomic E-state index is -0.885. The van der Waals surface area contributed by atoms with Crippen LogP contribution in [0.4, 0.5) is 0 Å². The van der Waals surface area contributed by atoms with E-state index in [0.717, 1.165) is 27.5 Å². The molecule has 0 aliphatic rings. The monoisotopic (exact) mass is 302 g/mol. The van der Waals surface area contributed by atoms with E-state index in [4.69, 9.17) is 9.84 Å². The summed E-state index contributed by atoms with van der Waals surface area (Å²) in [6.45, 7) is 4.40. The molecular formula is C17H18O3S. The Kier molecular flexibility index (Phi) is 5.28. The predicted octanol–water partition coefficient (Wildman–Crippen LogP) is 4.38. The Balaban J connectivity index is 2.13. The van der Waals surface area contributed by atoms with Gasteiger partial charge in [-0.1, -0.05) is 24.3 Å². The lowest BCUT2D eigenvalue weighted by atomic mass is 10.1. The molecule has 0 aliphatic carbocycles. The molecule has 0 unspecified atom stereocenters. The molecule has 0 bridgehead atoms. The lowest BCUT2D eigenvalue weighted by Crippen LogP contribution is -1.99. The Labute approximate surface area is 129 Å². The molecule has 21 heavy (non-hydrogen) atoms. The molecule has 0 aliphatic heterocycles. The number of ether oxygens (including phenoxy) is 1. The van der Waals surface area contributed by atoms with Crippen molar-refractivity contribution in [3.63, 3.8) is 0 Å². The van der Waals surface area contributed by atoms with E-state index in [2.05, 4.69) is 0 Å². The fourth-order valence-electron chi connectivity index (χ4n) is 2.00. The first-order chi connectivity index (χ1) is 10.1. The minimum absolute atomic E-state index is 0.359. The number of carbonyl (C=O) groups is 1. The van der Waals surface area contributed by atoms with Gasteiger partial charge >= 0.3 is 5.97 Å². The quantitative estimate of drug-likeness (QED) is 0.804. The topological polar surface area (TPSA) is 46.5 Å². The van der Waals surface area contributed by atoms with Crippen LogP contribution in [0.25, 0.3) is 0 Å². The fraction of sp³-hybridized carbons (Fsp3) is 0.235. The summed E-state index contributed by atoms with van der Waals surface area (Å²) in [5.74, 6) is 0.751. The normalized spacial score (nSPS) is 10.4. The summed E-state index contributed by atoms with van der Waals surface area (Å²) in [5, 5.41) is 9.16. The summed E-state index contributed by atoms with van der Waals surface area (Å²) in [4.78, 5) is 12.1. The number of rotatable bonds is 6. The number of benzene rings is 2. The van der Waals surface area contributed by atoms with Gasteiger partial charge in [0.15, 0.2) is 0 Å². The molecule has 0 fully saturated rings. The second-order valence-corrected chi connectivity index (χ2v) is 5.66. The largest absolute Gasteiger partial charge is 0.494 e. The maximum Gasteiger partial charge on any atom is 0.335 e. The summed E-state index contributed by atoms with van der Waals surface area (Å²) in [5.41, 5.74) is 2.25. The second-order valence-electron chi connectivity index (χ2n) is 4.61. The highest BCUT2D eigenvalue weighted by molar-refractivity contribution is 7.98. The lowest BCUT2D eigenvalue weighted by molar-refractivity contribution is 0.0696. The number of carboxylic acid groups (broad SMARTS) is 1. The SMILES string of the molecule is CCOc1ccccc1CSc1ccc(C)c(C(=O)O)c1. The molecule has 2 aromatic carbocycles. The van der Waals surface area contributed by atoms with Gasteiger partial charge in [0, 0.05) is 16.2 Å². The minimum Gasteiger partial charge on any atom is -0.494 e. The van der Waals surface area contributed by atoms with Gasteiger partial charge in [0.2, 0.25) is 0 Å². The van der Waals surface area contributed by atoms with E-state index < -0.39 is 5.97 Å². The number of thioether (sulfide) groups is 1. The second kappa shape index (κ2) is 7.18. The van der Waals surface area contributed by atoms with Crippen LogP contribution >= 0.6 is 11.8 Å². The van der Waals surface area contributed by atoms with Crippen molar-refractivity contribution in [2.45, 2.75) is 24.5 Å². The van der Waals surface area contributed by atoms with Crippen LogP contribution in [0.15, 0.2) is 47.4 Å². The molecule has 0 saturated carbocycles. The predicted molar refractivity (Wildman–Crippen MR) is 85.3 cm³/mol. The zero-order valence-electron chi connectivity index (χ0n) is 12.1. The average molecular weight is 302 g/mol. The van der Waals surface area contributed by atoms with Crippen molar-refractivity contribution in [3.8, 4) is 5.75 Å². The number of carboxylic acids is 1. The van der Waals surface area contributed by atoms with Crippen molar-refractivity contribution >= 4 is 17.7 Å². The first-order valence-electron chi connectivity index (χ1n) is 6.79. The van der Waals surface area contributed by atoms with E-state index in [0.29, 0.717) is 12.2 Å². The average Bonchev–Trinajstić information content (AvgIpc) is 2.47. The third-order valence-electron chi connectivity index (χ3n) is 3.11. The van der Waals surface area contributed by atoms with Crippen LogP contribution in [0.5, 0.6) is 5.75 Å². The van der Waals surface area contributed by atoms with E-state index in [1.807, 2.05) is 50.2 Å². The van der Waals surface area contributed by atoms with E-state index >= 15 is 0 Å². The molecule has 1 N–H and O–H groups in total. The van der Waals surface area contributed by atoms with Gasteiger partial charge in [0.25, 0.3) is 0 Å². The molecule has 0 spiro atoms. The number of aromatic carboxylic acids is 1. The Bertz CT molecular complexity index is 638. The van der Waals surface area contributed by atoms with Crippen molar-refractivity contribution in [1.82, 2.24) is 0 Å². The highest BCUT2D eigenvalue weighted by Gasteiger charge is 2.09. The molecular weight excluding hydrogens is 284 g/mol. The van der Waals surface area contributed by atoms with Crippen LogP contribution in [-0.4, -0.2) is 17.7 Å². The highest BCUT2D eigenvalue weighted by Crippen LogP contribution is 2.29. The van der Waals surface area contributed by atoms with Crippen LogP contribution in [0, 0.1) is 6.92 Å². The third kappa shape index (κ3) is 4.02. The molecule has 0 heterocycles.